The Hall–Kier alpha value is -3.32. The molecule has 2 N–H and O–H groups in total. The molecule has 1 aromatic carbocycles. The van der Waals surface area contributed by atoms with Crippen LogP contribution in [-0.2, 0) is 4.79 Å². The minimum atomic E-state index is -0.334. The summed E-state index contributed by atoms with van der Waals surface area (Å²) in [7, 11) is 0. The lowest BCUT2D eigenvalue weighted by molar-refractivity contribution is -0.120. The highest BCUT2D eigenvalue weighted by molar-refractivity contribution is 6.31. The minimum Gasteiger partial charge on any atom is -0.360 e. The SMILES string of the molecule is O=C1CN(c2ccnc(C(=O)Nc3ccc(Cl)cc3-n3cccc3)c2)CCN1. The summed E-state index contributed by atoms with van der Waals surface area (Å²) < 4.78 is 1.87. The van der Waals surface area contributed by atoms with Crippen molar-refractivity contribution in [3.63, 3.8) is 0 Å². The van der Waals surface area contributed by atoms with Gasteiger partial charge in [0.1, 0.15) is 5.69 Å². The number of hydrogen-bond acceptors (Lipinski definition) is 4. The molecule has 3 heterocycles. The van der Waals surface area contributed by atoms with Gasteiger partial charge < -0.3 is 20.1 Å². The molecule has 7 nitrogen and oxygen atoms in total. The molecule has 4 rings (SSSR count). The van der Waals surface area contributed by atoms with Crippen LogP contribution in [0.2, 0.25) is 5.02 Å². The number of carbonyl (C=O) groups is 2. The van der Waals surface area contributed by atoms with E-state index in [4.69, 9.17) is 11.6 Å². The number of anilines is 2. The van der Waals surface area contributed by atoms with E-state index in [0.717, 1.165) is 11.4 Å². The van der Waals surface area contributed by atoms with E-state index >= 15 is 0 Å². The second-order valence-corrected chi connectivity index (χ2v) is 6.81. The van der Waals surface area contributed by atoms with Crippen molar-refractivity contribution in [1.82, 2.24) is 14.9 Å². The van der Waals surface area contributed by atoms with Gasteiger partial charge in [-0.3, -0.25) is 14.6 Å². The molecule has 0 spiro atoms. The van der Waals surface area contributed by atoms with E-state index < -0.39 is 0 Å². The summed E-state index contributed by atoms with van der Waals surface area (Å²) in [4.78, 5) is 30.5. The Morgan fingerprint density at radius 1 is 1.18 bits per heavy atom. The summed E-state index contributed by atoms with van der Waals surface area (Å²) in [5.41, 5.74) is 2.44. The average molecular weight is 396 g/mol. The van der Waals surface area contributed by atoms with Crippen LogP contribution in [0.5, 0.6) is 0 Å². The Kier molecular flexibility index (Phi) is 4.99. The topological polar surface area (TPSA) is 79.3 Å². The average Bonchev–Trinajstić information content (AvgIpc) is 3.24. The van der Waals surface area contributed by atoms with Crippen molar-refractivity contribution in [2.45, 2.75) is 0 Å². The number of nitrogens with zero attached hydrogens (tertiary/aromatic N) is 3. The van der Waals surface area contributed by atoms with Crippen LogP contribution in [-0.4, -0.2) is 41.0 Å². The van der Waals surface area contributed by atoms with E-state index in [1.807, 2.05) is 34.0 Å². The van der Waals surface area contributed by atoms with Crippen LogP contribution < -0.4 is 15.5 Å². The maximum absolute atomic E-state index is 12.8. The van der Waals surface area contributed by atoms with Crippen LogP contribution in [0.25, 0.3) is 5.69 Å². The molecule has 1 aliphatic heterocycles. The van der Waals surface area contributed by atoms with Crippen molar-refractivity contribution in [3.05, 3.63) is 71.8 Å². The summed E-state index contributed by atoms with van der Waals surface area (Å²) in [6, 6.07) is 12.5. The molecule has 0 aliphatic carbocycles. The smallest absolute Gasteiger partial charge is 0.274 e. The molecule has 0 saturated carbocycles. The quantitative estimate of drug-likeness (QED) is 0.712. The van der Waals surface area contributed by atoms with Crippen molar-refractivity contribution in [3.8, 4) is 5.69 Å². The number of pyridine rings is 1. The van der Waals surface area contributed by atoms with Gasteiger partial charge in [-0.2, -0.15) is 0 Å². The van der Waals surface area contributed by atoms with Crippen molar-refractivity contribution in [2.24, 2.45) is 0 Å². The number of halogens is 1. The van der Waals surface area contributed by atoms with Gasteiger partial charge >= 0.3 is 0 Å². The molecule has 0 radical (unpaired) electrons. The second kappa shape index (κ2) is 7.74. The fourth-order valence-corrected chi connectivity index (χ4v) is 3.27. The molecule has 8 heteroatoms. The third-order valence-electron chi connectivity index (χ3n) is 4.47. The van der Waals surface area contributed by atoms with Gasteiger partial charge in [-0.15, -0.1) is 0 Å². The van der Waals surface area contributed by atoms with Crippen molar-refractivity contribution >= 4 is 34.8 Å². The van der Waals surface area contributed by atoms with Gasteiger partial charge in [0.2, 0.25) is 5.91 Å². The zero-order valence-corrected chi connectivity index (χ0v) is 15.7. The van der Waals surface area contributed by atoms with Gasteiger partial charge in [0, 0.05) is 42.4 Å². The van der Waals surface area contributed by atoms with Gasteiger partial charge in [0.25, 0.3) is 5.91 Å². The molecule has 2 amide bonds. The number of amides is 2. The maximum Gasteiger partial charge on any atom is 0.274 e. The van der Waals surface area contributed by atoms with E-state index in [1.54, 1.807) is 36.5 Å². The molecular formula is C20H18ClN5O2. The van der Waals surface area contributed by atoms with E-state index in [1.165, 1.54) is 0 Å². The number of rotatable bonds is 4. The van der Waals surface area contributed by atoms with Gasteiger partial charge in [0.05, 0.1) is 17.9 Å². The predicted octanol–water partition coefficient (Wildman–Crippen LogP) is 2.71. The number of nitrogens with one attached hydrogen (secondary N) is 2. The number of carbonyl (C=O) groups excluding carboxylic acids is 2. The van der Waals surface area contributed by atoms with Crippen molar-refractivity contribution < 1.29 is 9.59 Å². The van der Waals surface area contributed by atoms with Crippen LogP contribution in [0.3, 0.4) is 0 Å². The molecular weight excluding hydrogens is 378 g/mol. The predicted molar refractivity (Wildman–Crippen MR) is 108 cm³/mol. The van der Waals surface area contributed by atoms with Crippen LogP contribution in [0.1, 0.15) is 10.5 Å². The zero-order chi connectivity index (χ0) is 19.5. The molecule has 0 bridgehead atoms. The Labute approximate surface area is 166 Å². The highest BCUT2D eigenvalue weighted by atomic mass is 35.5. The fraction of sp³-hybridized carbons (Fsp3) is 0.150. The largest absolute Gasteiger partial charge is 0.360 e. The van der Waals surface area contributed by atoms with Crippen LogP contribution in [0.15, 0.2) is 61.1 Å². The standard InChI is InChI=1S/C20H18ClN5O2/c21-14-3-4-16(18(11-14)25-8-1-2-9-25)24-20(28)17-12-15(5-6-22-17)26-10-7-23-19(27)13-26/h1-6,8-9,11-12H,7,10,13H2,(H,23,27)(H,24,28). The monoisotopic (exact) mass is 395 g/mol. The zero-order valence-electron chi connectivity index (χ0n) is 14.9. The third-order valence-corrected chi connectivity index (χ3v) is 4.71. The van der Waals surface area contributed by atoms with E-state index in [9.17, 15) is 9.59 Å². The molecule has 2 aromatic heterocycles. The first-order valence-electron chi connectivity index (χ1n) is 8.82. The lowest BCUT2D eigenvalue weighted by Gasteiger charge is -2.28. The summed E-state index contributed by atoms with van der Waals surface area (Å²) >= 11 is 6.13. The van der Waals surface area contributed by atoms with Gasteiger partial charge in [-0.25, -0.2) is 0 Å². The van der Waals surface area contributed by atoms with E-state index in [0.29, 0.717) is 23.8 Å². The fourth-order valence-electron chi connectivity index (χ4n) is 3.10. The van der Waals surface area contributed by atoms with Crippen molar-refractivity contribution in [2.75, 3.05) is 29.9 Å². The third kappa shape index (κ3) is 3.84. The van der Waals surface area contributed by atoms with Gasteiger partial charge in [-0.1, -0.05) is 11.6 Å². The van der Waals surface area contributed by atoms with Crippen molar-refractivity contribution in [1.29, 1.82) is 0 Å². The van der Waals surface area contributed by atoms with Gasteiger partial charge in [-0.05, 0) is 42.5 Å². The number of piperazine rings is 1. The number of aromatic nitrogens is 2. The first-order valence-corrected chi connectivity index (χ1v) is 9.20. The molecule has 1 fully saturated rings. The summed E-state index contributed by atoms with van der Waals surface area (Å²) in [6.45, 7) is 1.53. The molecule has 1 saturated heterocycles. The Morgan fingerprint density at radius 3 is 2.79 bits per heavy atom. The van der Waals surface area contributed by atoms with Crippen LogP contribution >= 0.6 is 11.6 Å². The Morgan fingerprint density at radius 2 is 2.00 bits per heavy atom. The summed E-state index contributed by atoms with van der Waals surface area (Å²) in [5.74, 6) is -0.370. The normalized spacial score (nSPS) is 13.9. The highest BCUT2D eigenvalue weighted by Gasteiger charge is 2.18. The molecule has 1 aliphatic rings. The number of hydrogen-bond donors (Lipinski definition) is 2. The number of benzene rings is 1. The highest BCUT2D eigenvalue weighted by Crippen LogP contribution is 2.25. The second-order valence-electron chi connectivity index (χ2n) is 6.38. The van der Waals surface area contributed by atoms with E-state index in [2.05, 4.69) is 15.6 Å². The molecule has 0 atom stereocenters. The first kappa shape index (κ1) is 18.1. The first-order chi connectivity index (χ1) is 13.6. The maximum atomic E-state index is 12.8. The van der Waals surface area contributed by atoms with Crippen LogP contribution in [0.4, 0.5) is 11.4 Å². The minimum absolute atomic E-state index is 0.0356. The molecule has 142 valence electrons. The summed E-state index contributed by atoms with van der Waals surface area (Å²) in [5, 5.41) is 6.26. The van der Waals surface area contributed by atoms with Gasteiger partial charge in [0.15, 0.2) is 0 Å². The summed E-state index contributed by atoms with van der Waals surface area (Å²) in [6.07, 6.45) is 5.33. The molecule has 28 heavy (non-hydrogen) atoms. The molecule has 0 unspecified atom stereocenters. The Balaban J connectivity index is 1.58. The lowest BCUT2D eigenvalue weighted by Crippen LogP contribution is -2.47. The molecule has 3 aromatic rings. The van der Waals surface area contributed by atoms with Crippen LogP contribution in [0, 0.1) is 0 Å². The van der Waals surface area contributed by atoms with E-state index in [-0.39, 0.29) is 24.1 Å². The lowest BCUT2D eigenvalue weighted by atomic mass is 10.2. The Bertz CT molecular complexity index is 1020.